The largest absolute Gasteiger partial charge is 0.380 e. The first-order valence-corrected chi connectivity index (χ1v) is 7.20. The van der Waals surface area contributed by atoms with Gasteiger partial charge in [-0.1, -0.05) is 30.1 Å². The van der Waals surface area contributed by atoms with E-state index in [9.17, 15) is 0 Å². The molecule has 1 fully saturated rings. The minimum Gasteiger partial charge on any atom is -0.380 e. The lowest BCUT2D eigenvalue weighted by Gasteiger charge is -2.15. The first-order chi connectivity index (χ1) is 7.56. The van der Waals surface area contributed by atoms with Crippen molar-refractivity contribution in [3.63, 3.8) is 0 Å². The number of rotatable bonds is 2. The smallest absolute Gasteiger partial charge is 0.0641 e. The highest BCUT2D eigenvalue weighted by atomic mass is 35.5. The molecule has 0 bridgehead atoms. The average Bonchev–Trinajstić information content (AvgIpc) is 2.60. The zero-order valence-corrected chi connectivity index (χ0v) is 11.7. The van der Waals surface area contributed by atoms with Gasteiger partial charge in [-0.15, -0.1) is 0 Å². The van der Waals surface area contributed by atoms with Crippen LogP contribution in [0.5, 0.6) is 0 Å². The van der Waals surface area contributed by atoms with Crippen LogP contribution in [0.25, 0.3) is 0 Å². The summed E-state index contributed by atoms with van der Waals surface area (Å²) >= 11 is 14.3. The van der Waals surface area contributed by atoms with E-state index < -0.39 is 0 Å². The second kappa shape index (κ2) is 5.07. The first-order valence-electron chi connectivity index (χ1n) is 5.40. The molecule has 2 unspecified atom stereocenters. The highest BCUT2D eigenvalue weighted by Gasteiger charge is 2.22. The highest BCUT2D eigenvalue weighted by Crippen LogP contribution is 2.33. The van der Waals surface area contributed by atoms with Gasteiger partial charge >= 0.3 is 0 Å². The molecule has 4 heteroatoms. The molecule has 0 radical (unpaired) electrons. The van der Waals surface area contributed by atoms with Crippen molar-refractivity contribution >= 4 is 40.7 Å². The quantitative estimate of drug-likeness (QED) is 0.846. The summed E-state index contributed by atoms with van der Waals surface area (Å²) in [5.41, 5.74) is 1.98. The molecule has 0 spiro atoms. The number of nitrogens with one attached hydrogen (secondary N) is 1. The lowest BCUT2D eigenvalue weighted by molar-refractivity contribution is 0.747. The van der Waals surface area contributed by atoms with Crippen LogP contribution in [0, 0.1) is 6.92 Å². The topological polar surface area (TPSA) is 12.0 Å². The minimum atomic E-state index is 0.510. The Morgan fingerprint density at radius 1 is 1.31 bits per heavy atom. The Labute approximate surface area is 111 Å². The summed E-state index contributed by atoms with van der Waals surface area (Å²) in [7, 11) is 0. The Balaban J connectivity index is 2.12. The van der Waals surface area contributed by atoms with E-state index in [0.717, 1.165) is 32.3 Å². The van der Waals surface area contributed by atoms with E-state index in [1.807, 2.05) is 30.8 Å². The first kappa shape index (κ1) is 12.4. The number of thioether (sulfide) groups is 1. The molecule has 1 nitrogen and oxygen atoms in total. The molecule has 2 rings (SSSR count). The maximum Gasteiger partial charge on any atom is 0.0641 e. The van der Waals surface area contributed by atoms with Crippen LogP contribution in [0.3, 0.4) is 0 Å². The summed E-state index contributed by atoms with van der Waals surface area (Å²) in [6, 6.07) is 4.35. The molecular formula is C12H15Cl2NS. The second-order valence-corrected chi connectivity index (χ2v) is 6.59. The summed E-state index contributed by atoms with van der Waals surface area (Å²) < 4.78 is 0. The molecule has 1 aromatic carbocycles. The van der Waals surface area contributed by atoms with Crippen LogP contribution in [0.15, 0.2) is 12.1 Å². The average molecular weight is 276 g/mol. The fourth-order valence-electron chi connectivity index (χ4n) is 1.89. The molecule has 88 valence electrons. The highest BCUT2D eigenvalue weighted by molar-refractivity contribution is 8.00. The van der Waals surface area contributed by atoms with Gasteiger partial charge in [0.2, 0.25) is 0 Å². The van der Waals surface area contributed by atoms with E-state index in [4.69, 9.17) is 23.2 Å². The van der Waals surface area contributed by atoms with Gasteiger partial charge in [0.05, 0.1) is 10.7 Å². The third kappa shape index (κ3) is 2.79. The summed E-state index contributed by atoms with van der Waals surface area (Å²) in [6.45, 7) is 4.22. The molecule has 1 aliphatic rings. The van der Waals surface area contributed by atoms with Gasteiger partial charge in [-0.05, 0) is 31.0 Å². The maximum atomic E-state index is 6.19. The minimum absolute atomic E-state index is 0.510. The van der Waals surface area contributed by atoms with Crippen molar-refractivity contribution in [2.24, 2.45) is 0 Å². The standard InChI is InChI=1S/C12H15Cl2NS/c1-7-3-11(14)12(5-10(7)13)15-9-4-8(2)16-6-9/h3,5,8-9,15H,4,6H2,1-2H3. The normalized spacial score (nSPS) is 24.8. The molecule has 1 aliphatic heterocycles. The van der Waals surface area contributed by atoms with Gasteiger partial charge in [0.25, 0.3) is 0 Å². The molecule has 1 aromatic rings. The van der Waals surface area contributed by atoms with Gasteiger partial charge in [-0.2, -0.15) is 11.8 Å². The molecule has 1 heterocycles. The summed E-state index contributed by atoms with van der Waals surface area (Å²) in [5.74, 6) is 1.14. The molecule has 1 N–H and O–H groups in total. The van der Waals surface area contributed by atoms with Crippen molar-refractivity contribution in [1.82, 2.24) is 0 Å². The zero-order chi connectivity index (χ0) is 11.7. The molecule has 0 aliphatic carbocycles. The third-order valence-corrected chi connectivity index (χ3v) is 4.88. The van der Waals surface area contributed by atoms with Gasteiger partial charge in [-0.25, -0.2) is 0 Å². The molecule has 16 heavy (non-hydrogen) atoms. The predicted octanol–water partition coefficient (Wildman–Crippen LogP) is 4.61. The lowest BCUT2D eigenvalue weighted by atomic mass is 10.1. The van der Waals surface area contributed by atoms with E-state index >= 15 is 0 Å². The number of benzene rings is 1. The van der Waals surface area contributed by atoms with Gasteiger partial charge in [0, 0.05) is 22.1 Å². The predicted molar refractivity (Wildman–Crippen MR) is 75.1 cm³/mol. The van der Waals surface area contributed by atoms with E-state index in [-0.39, 0.29) is 0 Å². The van der Waals surface area contributed by atoms with Crippen LogP contribution < -0.4 is 5.32 Å². The zero-order valence-electron chi connectivity index (χ0n) is 9.39. The van der Waals surface area contributed by atoms with Crippen LogP contribution >= 0.6 is 35.0 Å². The number of hydrogen-bond acceptors (Lipinski definition) is 2. The molecular weight excluding hydrogens is 261 g/mol. The lowest BCUT2D eigenvalue weighted by Crippen LogP contribution is -2.19. The van der Waals surface area contributed by atoms with Crippen molar-refractivity contribution in [3.8, 4) is 0 Å². The van der Waals surface area contributed by atoms with Gasteiger partial charge in [0.1, 0.15) is 0 Å². The number of hydrogen-bond donors (Lipinski definition) is 1. The third-order valence-electron chi connectivity index (χ3n) is 2.81. The summed E-state index contributed by atoms with van der Waals surface area (Å²) in [6.07, 6.45) is 1.19. The van der Waals surface area contributed by atoms with Crippen molar-refractivity contribution in [2.75, 3.05) is 11.1 Å². The van der Waals surface area contributed by atoms with Crippen LogP contribution in [-0.4, -0.2) is 17.0 Å². The maximum absolute atomic E-state index is 6.19. The SMILES string of the molecule is Cc1cc(Cl)c(NC2CSC(C)C2)cc1Cl. The number of anilines is 1. The number of halogens is 2. The van der Waals surface area contributed by atoms with E-state index in [1.54, 1.807) is 0 Å². The van der Waals surface area contributed by atoms with Crippen LogP contribution in [-0.2, 0) is 0 Å². The molecule has 0 saturated carbocycles. The Hall–Kier alpha value is -0.0500. The van der Waals surface area contributed by atoms with Crippen LogP contribution in [0.4, 0.5) is 5.69 Å². The molecule has 0 aromatic heterocycles. The van der Waals surface area contributed by atoms with Crippen molar-refractivity contribution in [3.05, 3.63) is 27.7 Å². The van der Waals surface area contributed by atoms with Gasteiger partial charge in [-0.3, -0.25) is 0 Å². The molecule has 0 amide bonds. The Bertz CT molecular complexity index is 395. The molecule has 1 saturated heterocycles. The Morgan fingerprint density at radius 3 is 2.69 bits per heavy atom. The fraction of sp³-hybridized carbons (Fsp3) is 0.500. The Morgan fingerprint density at radius 2 is 2.06 bits per heavy atom. The van der Waals surface area contributed by atoms with Crippen molar-refractivity contribution < 1.29 is 0 Å². The second-order valence-electron chi connectivity index (χ2n) is 4.30. The molecule has 2 atom stereocenters. The summed E-state index contributed by atoms with van der Waals surface area (Å²) in [5, 5.41) is 5.73. The van der Waals surface area contributed by atoms with E-state index in [2.05, 4.69) is 12.2 Å². The monoisotopic (exact) mass is 275 g/mol. The fourth-order valence-corrected chi connectivity index (χ4v) is 3.48. The number of aryl methyl sites for hydroxylation is 1. The van der Waals surface area contributed by atoms with E-state index in [0.29, 0.717) is 6.04 Å². The van der Waals surface area contributed by atoms with Crippen LogP contribution in [0.1, 0.15) is 18.9 Å². The summed E-state index contributed by atoms with van der Waals surface area (Å²) in [4.78, 5) is 0. The van der Waals surface area contributed by atoms with Gasteiger partial charge < -0.3 is 5.32 Å². The van der Waals surface area contributed by atoms with Crippen molar-refractivity contribution in [2.45, 2.75) is 31.6 Å². The van der Waals surface area contributed by atoms with Crippen LogP contribution in [0.2, 0.25) is 10.0 Å². The Kier molecular flexibility index (Phi) is 3.93. The van der Waals surface area contributed by atoms with Crippen molar-refractivity contribution in [1.29, 1.82) is 0 Å². The van der Waals surface area contributed by atoms with E-state index in [1.165, 1.54) is 6.42 Å². The van der Waals surface area contributed by atoms with Gasteiger partial charge in [0.15, 0.2) is 0 Å².